The fraction of sp³-hybridized carbons (Fsp3) is 0.719. The van der Waals surface area contributed by atoms with E-state index < -0.39 is 23.3 Å². The van der Waals surface area contributed by atoms with Gasteiger partial charge in [0.25, 0.3) is 0 Å². The molecule has 4 fully saturated rings. The lowest BCUT2D eigenvalue weighted by Gasteiger charge is -2.58. The van der Waals surface area contributed by atoms with Crippen LogP contribution in [0.4, 0.5) is 4.79 Å². The number of likely N-dealkylation sites (tertiary alicyclic amines) is 1. The number of amides is 1. The number of allylic oxidation sites excluding steroid dienone is 1. The van der Waals surface area contributed by atoms with Crippen molar-refractivity contribution in [1.82, 2.24) is 10.1 Å². The van der Waals surface area contributed by atoms with Crippen molar-refractivity contribution >= 4 is 18.1 Å². The van der Waals surface area contributed by atoms with E-state index in [4.69, 9.17) is 20.4 Å². The first kappa shape index (κ1) is 26.5. The van der Waals surface area contributed by atoms with Crippen molar-refractivity contribution in [2.24, 2.45) is 28.6 Å². The predicted molar refractivity (Wildman–Crippen MR) is 146 cm³/mol. The molecule has 1 saturated heterocycles. The molecule has 1 aromatic heterocycles. The van der Waals surface area contributed by atoms with Crippen LogP contribution >= 0.6 is 0 Å². The van der Waals surface area contributed by atoms with Crippen LogP contribution in [-0.2, 0) is 20.7 Å². The van der Waals surface area contributed by atoms with Crippen LogP contribution in [-0.4, -0.2) is 45.9 Å². The van der Waals surface area contributed by atoms with E-state index in [1.807, 2.05) is 27.0 Å². The van der Waals surface area contributed by atoms with Gasteiger partial charge in [-0.2, -0.15) is 0 Å². The zero-order chi connectivity index (χ0) is 27.8. The molecular weight excluding hydrogens is 492 g/mol. The van der Waals surface area contributed by atoms with Crippen LogP contribution in [0.5, 0.6) is 0 Å². The summed E-state index contributed by atoms with van der Waals surface area (Å²) in [5.41, 5.74) is 0.930. The predicted octanol–water partition coefficient (Wildman–Crippen LogP) is 6.17. The minimum Gasteiger partial charge on any atom is -0.444 e. The van der Waals surface area contributed by atoms with E-state index >= 15 is 0 Å². The Labute approximate surface area is 232 Å². The smallest absolute Gasteiger partial charge is 0.411 e. The number of aromatic nitrogens is 1. The first-order valence-corrected chi connectivity index (χ1v) is 14.8. The van der Waals surface area contributed by atoms with Gasteiger partial charge in [0.15, 0.2) is 11.4 Å². The van der Waals surface area contributed by atoms with Gasteiger partial charge >= 0.3 is 12.1 Å². The van der Waals surface area contributed by atoms with Gasteiger partial charge < -0.3 is 14.0 Å². The normalized spacial score (nSPS) is 39.0. The highest BCUT2D eigenvalue weighted by Crippen LogP contribution is 2.68. The summed E-state index contributed by atoms with van der Waals surface area (Å²) >= 11 is 0. The van der Waals surface area contributed by atoms with Crippen LogP contribution in [0, 0.1) is 40.9 Å². The number of hydrogen-bond donors (Lipinski definition) is 0. The highest BCUT2D eigenvalue weighted by atomic mass is 16.6. The summed E-state index contributed by atoms with van der Waals surface area (Å²) < 4.78 is 17.5. The second-order valence-corrected chi connectivity index (χ2v) is 14.1. The van der Waals surface area contributed by atoms with Crippen LogP contribution in [0.1, 0.15) is 97.3 Å². The summed E-state index contributed by atoms with van der Waals surface area (Å²) in [5.74, 6) is 5.04. The molecule has 7 nitrogen and oxygen atoms in total. The number of nitrogens with zero attached hydrogens (tertiary/aromatic N) is 2. The lowest BCUT2D eigenvalue weighted by atomic mass is 9.46. The lowest BCUT2D eigenvalue weighted by molar-refractivity contribution is -0.176. The standard InChI is InChI=1S/C32H42N2O5/c1-7-32(37-27(35)25-9-8-16-34(25)28(36)38-29(2,3)4)15-13-24-22-11-10-21-17-26-20(19-33-39-26)18-30(21,5)23(22)12-14-31(24,32)6/h1,17,19,22-25H,8-16,18H2,2-6H3/t22-,23+,24+,25+,30+,31+,32+/m1/s1. The number of fused-ring (bicyclic) bond motifs is 6. The summed E-state index contributed by atoms with van der Waals surface area (Å²) in [5, 5.41) is 4.06. The average molecular weight is 535 g/mol. The molecule has 1 aliphatic heterocycles. The van der Waals surface area contributed by atoms with Crippen molar-refractivity contribution in [3.63, 3.8) is 0 Å². The number of ether oxygens (including phenoxy) is 2. The van der Waals surface area contributed by atoms with E-state index in [-0.39, 0.29) is 16.8 Å². The summed E-state index contributed by atoms with van der Waals surface area (Å²) in [6.07, 6.45) is 18.0. The second-order valence-electron chi connectivity index (χ2n) is 14.1. The van der Waals surface area contributed by atoms with Crippen LogP contribution in [0.25, 0.3) is 6.08 Å². The third kappa shape index (κ3) is 3.96. The fourth-order valence-electron chi connectivity index (χ4n) is 9.11. The summed E-state index contributed by atoms with van der Waals surface area (Å²) in [6, 6.07) is -0.648. The molecule has 4 aliphatic carbocycles. The molecule has 5 aliphatic rings. The third-order valence-corrected chi connectivity index (χ3v) is 11.1. The molecule has 39 heavy (non-hydrogen) atoms. The monoisotopic (exact) mass is 534 g/mol. The number of esters is 1. The van der Waals surface area contributed by atoms with Gasteiger partial charge in [-0.1, -0.05) is 30.5 Å². The van der Waals surface area contributed by atoms with Crippen molar-refractivity contribution in [3.8, 4) is 12.3 Å². The van der Waals surface area contributed by atoms with Gasteiger partial charge in [0.2, 0.25) is 0 Å². The van der Waals surface area contributed by atoms with Crippen molar-refractivity contribution in [1.29, 1.82) is 0 Å². The molecule has 0 unspecified atom stereocenters. The Morgan fingerprint density at radius 1 is 1.15 bits per heavy atom. The molecule has 0 spiro atoms. The Bertz CT molecular complexity index is 1250. The van der Waals surface area contributed by atoms with Gasteiger partial charge in [-0.05, 0) is 108 Å². The van der Waals surface area contributed by atoms with Gasteiger partial charge in [-0.3, -0.25) is 4.90 Å². The van der Waals surface area contributed by atoms with E-state index in [2.05, 4.69) is 31.0 Å². The van der Waals surface area contributed by atoms with E-state index in [9.17, 15) is 9.59 Å². The second kappa shape index (κ2) is 8.88. The molecule has 1 amide bonds. The minimum absolute atomic E-state index is 0.0959. The van der Waals surface area contributed by atoms with Gasteiger partial charge in [-0.25, -0.2) is 9.59 Å². The maximum absolute atomic E-state index is 13.7. The molecule has 1 aromatic rings. The van der Waals surface area contributed by atoms with Crippen molar-refractivity contribution in [3.05, 3.63) is 23.1 Å². The fourth-order valence-corrected chi connectivity index (χ4v) is 9.11. The van der Waals surface area contributed by atoms with Gasteiger partial charge in [0.1, 0.15) is 11.6 Å². The molecule has 7 atom stereocenters. The molecule has 0 bridgehead atoms. The Kier molecular flexibility index (Phi) is 6.03. The Morgan fingerprint density at radius 3 is 2.67 bits per heavy atom. The van der Waals surface area contributed by atoms with E-state index in [1.165, 1.54) is 16.0 Å². The molecule has 0 N–H and O–H groups in total. The number of rotatable bonds is 2. The van der Waals surface area contributed by atoms with Gasteiger partial charge in [0, 0.05) is 17.5 Å². The molecule has 0 radical (unpaired) electrons. The number of hydrogen-bond acceptors (Lipinski definition) is 6. The summed E-state index contributed by atoms with van der Waals surface area (Å²) in [6.45, 7) is 10.7. The SMILES string of the molecule is C#C[C@]1(OC(=O)[C@@H]2CCCN2C(=O)OC(C)(C)C)CC[C@H]2[C@@H]3CCC4=Cc5oncc5C[C@]4(C)[C@H]3CC[C@@]21C. The van der Waals surface area contributed by atoms with E-state index in [1.54, 1.807) is 0 Å². The minimum atomic E-state index is -0.951. The molecule has 210 valence electrons. The quantitative estimate of drug-likeness (QED) is 0.333. The largest absolute Gasteiger partial charge is 0.444 e. The maximum Gasteiger partial charge on any atom is 0.411 e. The summed E-state index contributed by atoms with van der Waals surface area (Å²) in [7, 11) is 0. The van der Waals surface area contributed by atoms with Crippen LogP contribution in [0.3, 0.4) is 0 Å². The number of carbonyl (C=O) groups is 2. The van der Waals surface area contributed by atoms with Gasteiger partial charge in [-0.15, -0.1) is 6.42 Å². The highest BCUT2D eigenvalue weighted by molar-refractivity contribution is 5.83. The highest BCUT2D eigenvalue weighted by Gasteiger charge is 2.66. The summed E-state index contributed by atoms with van der Waals surface area (Å²) in [4.78, 5) is 28.1. The number of terminal acetylenes is 1. The molecule has 0 aromatic carbocycles. The number of carbonyl (C=O) groups excluding carboxylic acids is 2. The molecule has 3 saturated carbocycles. The average Bonchev–Trinajstić information content (AvgIpc) is 3.59. The first-order valence-electron chi connectivity index (χ1n) is 14.8. The van der Waals surface area contributed by atoms with Crippen LogP contribution in [0.2, 0.25) is 0 Å². The zero-order valence-corrected chi connectivity index (χ0v) is 24.0. The molecule has 6 rings (SSSR count). The van der Waals surface area contributed by atoms with Crippen molar-refractivity contribution in [2.75, 3.05) is 6.54 Å². The Hall–Kier alpha value is -2.75. The third-order valence-electron chi connectivity index (χ3n) is 11.1. The Morgan fingerprint density at radius 2 is 1.92 bits per heavy atom. The Balaban J connectivity index is 1.22. The zero-order valence-electron chi connectivity index (χ0n) is 24.0. The maximum atomic E-state index is 13.7. The molecular formula is C32H42N2O5. The molecule has 2 heterocycles. The lowest BCUT2D eigenvalue weighted by Crippen LogP contribution is -2.57. The van der Waals surface area contributed by atoms with E-state index in [0.717, 1.165) is 50.7 Å². The topological polar surface area (TPSA) is 81.9 Å². The first-order chi connectivity index (χ1) is 18.4. The van der Waals surface area contributed by atoms with Crippen molar-refractivity contribution < 1.29 is 23.6 Å². The van der Waals surface area contributed by atoms with Crippen LogP contribution < -0.4 is 0 Å². The molecule has 7 heteroatoms. The van der Waals surface area contributed by atoms with E-state index in [0.29, 0.717) is 37.1 Å². The van der Waals surface area contributed by atoms with Crippen molar-refractivity contribution in [2.45, 2.75) is 110 Å². The van der Waals surface area contributed by atoms with Gasteiger partial charge in [0.05, 0.1) is 6.20 Å². The van der Waals surface area contributed by atoms with Crippen LogP contribution in [0.15, 0.2) is 16.3 Å².